The van der Waals surface area contributed by atoms with Gasteiger partial charge in [-0.25, -0.2) is 9.78 Å². The highest BCUT2D eigenvalue weighted by Gasteiger charge is 2.23. The van der Waals surface area contributed by atoms with Crippen molar-refractivity contribution in [2.75, 3.05) is 6.61 Å². The normalized spacial score (nSPS) is 14.3. The van der Waals surface area contributed by atoms with Gasteiger partial charge in [0, 0.05) is 19.1 Å². The van der Waals surface area contributed by atoms with E-state index in [1.807, 2.05) is 24.5 Å². The third-order valence-corrected chi connectivity index (χ3v) is 4.01. The molecular weight excluding hydrogens is 268 g/mol. The largest absolute Gasteiger partial charge is 0.478 e. The van der Waals surface area contributed by atoms with Crippen LogP contribution in [0.5, 0.6) is 0 Å². The fourth-order valence-corrected chi connectivity index (χ4v) is 2.61. The molecule has 2 unspecified atom stereocenters. The van der Waals surface area contributed by atoms with Gasteiger partial charge in [0.2, 0.25) is 0 Å². The number of aromatic nitrogens is 2. The molecule has 0 aliphatic carbocycles. The second kappa shape index (κ2) is 6.26. The van der Waals surface area contributed by atoms with Crippen molar-refractivity contribution in [3.05, 3.63) is 29.6 Å². The van der Waals surface area contributed by atoms with Gasteiger partial charge in [0.1, 0.15) is 5.82 Å². The molecule has 1 heterocycles. The number of hydrogen-bond acceptors (Lipinski definition) is 3. The number of para-hydroxylation sites is 1. The first-order valence-corrected chi connectivity index (χ1v) is 7.35. The Kier molecular flexibility index (Phi) is 4.63. The highest BCUT2D eigenvalue weighted by Crippen LogP contribution is 2.29. The molecule has 0 saturated heterocycles. The predicted octanol–water partition coefficient (Wildman–Crippen LogP) is 2.88. The highest BCUT2D eigenvalue weighted by molar-refractivity contribution is 6.01. The van der Waals surface area contributed by atoms with Crippen LogP contribution >= 0.6 is 0 Å². The van der Waals surface area contributed by atoms with Gasteiger partial charge < -0.3 is 14.8 Å². The molecule has 5 heteroatoms. The van der Waals surface area contributed by atoms with Crippen LogP contribution in [0.2, 0.25) is 0 Å². The van der Waals surface area contributed by atoms with Crippen molar-refractivity contribution in [1.82, 2.24) is 9.55 Å². The van der Waals surface area contributed by atoms with Gasteiger partial charge >= 0.3 is 5.97 Å². The average Bonchev–Trinajstić information content (AvgIpc) is 2.83. The van der Waals surface area contributed by atoms with E-state index in [2.05, 4.69) is 11.9 Å². The van der Waals surface area contributed by atoms with E-state index in [0.717, 1.165) is 18.7 Å². The molecule has 2 rings (SSSR count). The number of aryl methyl sites for hydroxylation is 1. The van der Waals surface area contributed by atoms with Crippen molar-refractivity contribution in [2.45, 2.75) is 39.7 Å². The molecule has 0 amide bonds. The Morgan fingerprint density at radius 1 is 1.38 bits per heavy atom. The van der Waals surface area contributed by atoms with Crippen LogP contribution in [0.4, 0.5) is 0 Å². The quantitative estimate of drug-likeness (QED) is 0.857. The summed E-state index contributed by atoms with van der Waals surface area (Å²) in [5.41, 5.74) is 1.62. The summed E-state index contributed by atoms with van der Waals surface area (Å²) in [7, 11) is 0. The summed E-state index contributed by atoms with van der Waals surface area (Å²) in [5, 5.41) is 18.9. The molecule has 1 aromatic carbocycles. The number of hydrogen-bond donors (Lipinski definition) is 2. The summed E-state index contributed by atoms with van der Waals surface area (Å²) in [4.78, 5) is 16.1. The standard InChI is InChI=1S/C16H22N2O3/c1-4-6-14-17-13-8-5-7-12(16(20)21)15(13)18(14)11(3)10(2)9-19/h5,7-8,10-11,19H,4,6,9H2,1-3H3,(H,20,21). The maximum atomic E-state index is 11.5. The Hall–Kier alpha value is -1.88. The summed E-state index contributed by atoms with van der Waals surface area (Å²) >= 11 is 0. The van der Waals surface area contributed by atoms with Crippen LogP contribution in [0.15, 0.2) is 18.2 Å². The molecular formula is C16H22N2O3. The molecule has 0 bridgehead atoms. The van der Waals surface area contributed by atoms with Crippen LogP contribution in [0.3, 0.4) is 0 Å². The van der Waals surface area contributed by atoms with Crippen LogP contribution in [0, 0.1) is 5.92 Å². The molecule has 0 spiro atoms. The molecule has 0 radical (unpaired) electrons. The molecule has 21 heavy (non-hydrogen) atoms. The molecule has 0 aliphatic rings. The molecule has 1 aromatic heterocycles. The average molecular weight is 290 g/mol. The van der Waals surface area contributed by atoms with Crippen molar-refractivity contribution in [3.63, 3.8) is 0 Å². The minimum absolute atomic E-state index is 0.0120. The number of carbonyl (C=O) groups is 1. The van der Waals surface area contributed by atoms with E-state index < -0.39 is 5.97 Å². The van der Waals surface area contributed by atoms with Crippen molar-refractivity contribution in [1.29, 1.82) is 0 Å². The third kappa shape index (κ3) is 2.78. The van der Waals surface area contributed by atoms with Crippen molar-refractivity contribution in [3.8, 4) is 0 Å². The zero-order valence-electron chi connectivity index (χ0n) is 12.7. The number of aliphatic hydroxyl groups excluding tert-OH is 1. The number of nitrogens with zero attached hydrogens (tertiary/aromatic N) is 2. The highest BCUT2D eigenvalue weighted by atomic mass is 16.4. The minimum Gasteiger partial charge on any atom is -0.478 e. The topological polar surface area (TPSA) is 75.3 Å². The van der Waals surface area contributed by atoms with Crippen LogP contribution < -0.4 is 0 Å². The zero-order chi connectivity index (χ0) is 15.6. The maximum absolute atomic E-state index is 11.5. The van der Waals surface area contributed by atoms with Crippen molar-refractivity contribution in [2.24, 2.45) is 5.92 Å². The SMILES string of the molecule is CCCc1nc2cccc(C(=O)O)c2n1C(C)C(C)CO. The number of aromatic carboxylic acids is 1. The maximum Gasteiger partial charge on any atom is 0.337 e. The van der Waals surface area contributed by atoms with Crippen LogP contribution in [-0.2, 0) is 6.42 Å². The summed E-state index contributed by atoms with van der Waals surface area (Å²) in [6.07, 6.45) is 1.72. The fraction of sp³-hybridized carbons (Fsp3) is 0.500. The van der Waals surface area contributed by atoms with Gasteiger partial charge in [0.15, 0.2) is 0 Å². The second-order valence-electron chi connectivity index (χ2n) is 5.53. The lowest BCUT2D eigenvalue weighted by molar-refractivity contribution is 0.0698. The van der Waals surface area contributed by atoms with E-state index in [4.69, 9.17) is 0 Å². The van der Waals surface area contributed by atoms with Crippen molar-refractivity contribution >= 4 is 17.0 Å². The summed E-state index contributed by atoms with van der Waals surface area (Å²) in [6, 6.07) is 5.16. The number of aliphatic hydroxyl groups is 1. The minimum atomic E-state index is -0.950. The number of imidazole rings is 1. The summed E-state index contributed by atoms with van der Waals surface area (Å²) < 4.78 is 1.99. The van der Waals surface area contributed by atoms with E-state index in [-0.39, 0.29) is 24.1 Å². The first-order valence-electron chi connectivity index (χ1n) is 7.35. The number of fused-ring (bicyclic) bond motifs is 1. The second-order valence-corrected chi connectivity index (χ2v) is 5.53. The monoisotopic (exact) mass is 290 g/mol. The fourth-order valence-electron chi connectivity index (χ4n) is 2.61. The predicted molar refractivity (Wildman–Crippen MR) is 81.6 cm³/mol. The molecule has 2 aromatic rings. The number of carboxylic acid groups (broad SMARTS) is 1. The number of carboxylic acids is 1. The van der Waals surface area contributed by atoms with Crippen LogP contribution in [0.1, 0.15) is 49.4 Å². The van der Waals surface area contributed by atoms with Gasteiger partial charge in [-0.05, 0) is 31.4 Å². The summed E-state index contributed by atoms with van der Waals surface area (Å²) in [5.74, 6) is -0.0393. The zero-order valence-corrected chi connectivity index (χ0v) is 12.7. The van der Waals surface area contributed by atoms with E-state index >= 15 is 0 Å². The smallest absolute Gasteiger partial charge is 0.337 e. The van der Waals surface area contributed by atoms with Gasteiger partial charge in [-0.2, -0.15) is 0 Å². The Morgan fingerprint density at radius 3 is 2.67 bits per heavy atom. The molecule has 0 fully saturated rings. The van der Waals surface area contributed by atoms with E-state index in [9.17, 15) is 15.0 Å². The van der Waals surface area contributed by atoms with Crippen LogP contribution in [0.25, 0.3) is 11.0 Å². The lowest BCUT2D eigenvalue weighted by Crippen LogP contribution is -2.20. The number of rotatable bonds is 6. The number of benzene rings is 1. The molecule has 0 aliphatic heterocycles. The molecule has 2 N–H and O–H groups in total. The Bertz CT molecular complexity index is 648. The van der Waals surface area contributed by atoms with E-state index in [1.54, 1.807) is 12.1 Å². The first kappa shape index (κ1) is 15.5. The Morgan fingerprint density at radius 2 is 2.10 bits per heavy atom. The van der Waals surface area contributed by atoms with Gasteiger partial charge in [-0.15, -0.1) is 0 Å². The van der Waals surface area contributed by atoms with E-state index in [0.29, 0.717) is 11.0 Å². The van der Waals surface area contributed by atoms with Crippen LogP contribution in [-0.4, -0.2) is 32.3 Å². The molecule has 0 saturated carbocycles. The molecule has 114 valence electrons. The Balaban J connectivity index is 2.73. The molecule has 5 nitrogen and oxygen atoms in total. The lowest BCUT2D eigenvalue weighted by Gasteiger charge is -2.23. The Labute approximate surface area is 124 Å². The van der Waals surface area contributed by atoms with E-state index in [1.165, 1.54) is 0 Å². The van der Waals surface area contributed by atoms with Gasteiger partial charge in [-0.1, -0.05) is 19.9 Å². The van der Waals surface area contributed by atoms with Crippen molar-refractivity contribution < 1.29 is 15.0 Å². The summed E-state index contributed by atoms with van der Waals surface area (Å²) in [6.45, 7) is 6.08. The lowest BCUT2D eigenvalue weighted by atomic mass is 10.0. The van der Waals surface area contributed by atoms with Gasteiger partial charge in [0.25, 0.3) is 0 Å². The third-order valence-electron chi connectivity index (χ3n) is 4.01. The van der Waals surface area contributed by atoms with Gasteiger partial charge in [0.05, 0.1) is 16.6 Å². The molecule has 2 atom stereocenters. The first-order chi connectivity index (χ1) is 10.0. The van der Waals surface area contributed by atoms with Gasteiger partial charge in [-0.3, -0.25) is 0 Å².